The molecule has 690 valence electrons. The predicted molar refractivity (Wildman–Crippen MR) is 496 cm³/mol. The van der Waals surface area contributed by atoms with Gasteiger partial charge in [-0.25, -0.2) is 4.79 Å². The minimum absolute atomic E-state index is 0. The second-order valence-electron chi connectivity index (χ2n) is 40.2. The van der Waals surface area contributed by atoms with E-state index < -0.39 is 51.9 Å². The molecule has 6 heterocycles. The Morgan fingerprint density at radius 3 is 1.41 bits per heavy atom. The number of amides is 10. The highest BCUT2D eigenvalue weighted by Crippen LogP contribution is 2.46. The molecule has 27 heteroatoms. The highest BCUT2D eigenvalue weighted by Gasteiger charge is 2.46. The summed E-state index contributed by atoms with van der Waals surface area (Å²) < 4.78 is 30.3. The molecule has 24 nitrogen and oxygen atoms in total. The lowest BCUT2D eigenvalue weighted by atomic mass is 9.65. The molecule has 0 spiro atoms. The van der Waals surface area contributed by atoms with Crippen molar-refractivity contribution in [2.45, 2.75) is 376 Å². The van der Waals surface area contributed by atoms with Gasteiger partial charge in [-0.2, -0.15) is 0 Å². The van der Waals surface area contributed by atoms with Crippen LogP contribution in [0, 0.1) is 22.7 Å². The van der Waals surface area contributed by atoms with Crippen molar-refractivity contribution in [2.24, 2.45) is 28.4 Å². The molecule has 0 radical (unpaired) electrons. The van der Waals surface area contributed by atoms with Gasteiger partial charge < -0.3 is 54.8 Å². The van der Waals surface area contributed by atoms with E-state index >= 15 is 0 Å². The largest absolute Gasteiger partial charge is 0.489 e. The summed E-state index contributed by atoms with van der Waals surface area (Å²) in [7, 11) is -0.552. The van der Waals surface area contributed by atoms with Crippen molar-refractivity contribution in [3.05, 3.63) is 92.5 Å². The normalized spacial score (nSPS) is 24.4. The van der Waals surface area contributed by atoms with Crippen LogP contribution in [0.4, 0.5) is 4.79 Å². The van der Waals surface area contributed by atoms with Crippen molar-refractivity contribution in [1.29, 1.82) is 0 Å². The smallest absolute Gasteiger partial charge is 0.408 e. The average Bonchev–Trinajstić information content (AvgIpc) is 1.65. The van der Waals surface area contributed by atoms with Crippen LogP contribution < -0.4 is 31.2 Å². The SMILES string of the molecule is C.C.CC(C)(C)OC(=O)N[C@H]1CCCCC[C@@H]1Oc1ccc2c(c1)CN(C1CCC(=O)N(COCC[Si](C)(C)C)C1=O)C2=O.CC1(C)CCCC(C)(C)C1.CCCCNC.C[C@H]1CCCCC[C@@H]1C.C[Si](C)(C)CCOCN1C(=O)CCC(N2Cc3cc(Br)ccc3C2=O)C1=O.N[C@H]1CCCCC[C@@H]1Oc1ccc2c(c1)CN(C1CCC(=O)NC1=O)C2=O. The van der Waals surface area contributed by atoms with Crippen molar-refractivity contribution in [2.75, 3.05) is 40.3 Å². The Hall–Kier alpha value is -6.89. The van der Waals surface area contributed by atoms with Gasteiger partial charge in [0.2, 0.25) is 23.6 Å². The molecule has 3 saturated heterocycles. The molecule has 13 rings (SSSR count). The maximum atomic E-state index is 13.4. The number of hydrogen-bond acceptors (Lipinski definition) is 17. The van der Waals surface area contributed by atoms with Gasteiger partial charge in [0.15, 0.2) is 0 Å². The fourth-order valence-corrected chi connectivity index (χ4v) is 19.7. The monoisotopic (exact) mass is 1810 g/mol. The molecule has 7 fully saturated rings. The van der Waals surface area contributed by atoms with Crippen LogP contribution in [0.1, 0.15) is 305 Å². The molecule has 5 N–H and O–H groups in total. The summed E-state index contributed by atoms with van der Waals surface area (Å²) in [5, 5.41) is 8.39. The zero-order valence-corrected chi connectivity index (χ0v) is 80.0. The number of rotatable bonds is 21. The number of likely N-dealkylation sites (tertiary alicyclic amines) is 2. The molecule has 0 bridgehead atoms. The summed E-state index contributed by atoms with van der Waals surface area (Å²) in [5.41, 5.74) is 11.2. The molecule has 4 aliphatic carbocycles. The lowest BCUT2D eigenvalue weighted by molar-refractivity contribution is -0.160. The molecule has 6 aliphatic heterocycles. The molecule has 3 unspecified atom stereocenters. The molecule has 10 aliphatic rings. The van der Waals surface area contributed by atoms with Crippen molar-refractivity contribution in [1.82, 2.24) is 40.4 Å². The number of fused-ring (bicyclic) bond motifs is 3. The Kier molecular flexibility index (Phi) is 41.2. The first-order valence-corrected chi connectivity index (χ1v) is 53.6. The van der Waals surface area contributed by atoms with E-state index in [1.165, 1.54) is 81.9 Å². The van der Waals surface area contributed by atoms with Gasteiger partial charge in [-0.15, -0.1) is 0 Å². The average molecular weight is 1810 g/mol. The van der Waals surface area contributed by atoms with Crippen LogP contribution in [-0.2, 0) is 62.6 Å². The van der Waals surface area contributed by atoms with E-state index in [1.807, 2.05) is 58.2 Å². The number of carbonyl (C=O) groups excluding carboxylic acids is 10. The van der Waals surface area contributed by atoms with E-state index in [0.717, 1.165) is 114 Å². The molecular weight excluding hydrogens is 1660 g/mol. The number of piperidine rings is 3. The fraction of sp³-hybridized carbons (Fsp3) is 0.708. The Labute approximate surface area is 748 Å². The number of benzene rings is 3. The van der Waals surface area contributed by atoms with Gasteiger partial charge >= 0.3 is 6.09 Å². The van der Waals surface area contributed by atoms with Gasteiger partial charge in [0.05, 0.1) is 6.04 Å². The lowest BCUT2D eigenvalue weighted by Crippen LogP contribution is -2.55. The van der Waals surface area contributed by atoms with E-state index in [0.29, 0.717) is 84.6 Å². The quantitative estimate of drug-likeness (QED) is 0.0333. The van der Waals surface area contributed by atoms with Crippen LogP contribution in [0.3, 0.4) is 0 Å². The molecule has 123 heavy (non-hydrogen) atoms. The van der Waals surface area contributed by atoms with Crippen LogP contribution in [-0.4, -0.2) is 188 Å². The molecule has 4 saturated carbocycles. The molecular formula is C96H156BrN9O15Si2. The number of hydrogen-bond donors (Lipinski definition) is 4. The standard InChI is InChI=1S/C31H47N3O7Si.C20H25N3O4.C19H25BrN2O4Si.C10H20.C9H18.C5H13N.2CH4/c1-31(2,3)41-30(38)32-24-10-8-7-9-11-26(24)40-22-12-13-23-21(18-22)19-33(28(23)36)25-14-15-27(35)34(29(25)37)20-39-16-17-42(4,5)6;21-15-4-2-1-3-5-17(15)27-13-6-7-14-12(10-13)11-23(20(14)26)16-8-9-18(24)22-19(16)25;1-27(2,3)9-8-26-12-22-17(23)7-6-16(19(22)25)21-11-13-10-14(20)4-5-15(13)18(21)24;1-9(2)6-5-7-10(3,4)8-9;1-8-6-4-3-5-7-9(8)2;1-3-4-5-6-2;;/h12-13,18,24-26H,7-11,14-17,19-20H2,1-6H3,(H,32,38);6-7,10,15-17H,1-5,8-9,11,21H2,(H,22,24,25);4-5,10,16H,6-9,11-12H2,1-3H3;5-8H2,1-4H3;8-9H,3-7H2,1-2H3;6H,3-5H2,1-2H3;2*1H4/t24-,25?,26-;15-,16?,17-;;;8-,9-;;;/m00..0.../s1. The van der Waals surface area contributed by atoms with Gasteiger partial charge in [-0.3, -0.25) is 58.3 Å². The second kappa shape index (κ2) is 48.3. The van der Waals surface area contributed by atoms with Gasteiger partial charge in [-0.05, 0) is 224 Å². The van der Waals surface area contributed by atoms with E-state index in [2.05, 4.69) is 120 Å². The number of halogens is 1. The molecule has 3 aromatic carbocycles. The van der Waals surface area contributed by atoms with Crippen LogP contribution in [0.2, 0.25) is 51.4 Å². The number of imide groups is 3. The summed E-state index contributed by atoms with van der Waals surface area (Å²) >= 11 is 3.42. The lowest BCUT2D eigenvalue weighted by Gasteiger charge is -2.40. The first-order valence-electron chi connectivity index (χ1n) is 45.4. The maximum Gasteiger partial charge on any atom is 0.408 e. The fourth-order valence-electron chi connectivity index (χ4n) is 17.8. The Morgan fingerprint density at radius 1 is 0.553 bits per heavy atom. The minimum Gasteiger partial charge on any atom is -0.489 e. The summed E-state index contributed by atoms with van der Waals surface area (Å²) in [6, 6.07) is 16.2. The van der Waals surface area contributed by atoms with E-state index in [1.54, 1.807) is 39.0 Å². The molecule has 9 atom stereocenters. The minimum atomic E-state index is -1.30. The number of alkyl carbamates (subject to hydrolysis) is 1. The zero-order chi connectivity index (χ0) is 88.7. The van der Waals surface area contributed by atoms with Gasteiger partial charge in [0.1, 0.15) is 60.9 Å². The van der Waals surface area contributed by atoms with Crippen molar-refractivity contribution >= 4 is 91.3 Å². The molecule has 3 aromatic rings. The van der Waals surface area contributed by atoms with Gasteiger partial charge in [0.25, 0.3) is 29.5 Å². The number of nitrogens with two attached hydrogens (primary N) is 1. The number of ether oxygens (including phenoxy) is 5. The summed E-state index contributed by atoms with van der Waals surface area (Å²) in [6.07, 6.45) is 26.7. The van der Waals surface area contributed by atoms with Crippen molar-refractivity contribution in [3.63, 3.8) is 0 Å². The third-order valence-corrected chi connectivity index (χ3v) is 28.8. The first kappa shape index (κ1) is 105. The van der Waals surface area contributed by atoms with Crippen LogP contribution >= 0.6 is 15.9 Å². The number of nitrogens with one attached hydrogen (secondary N) is 3. The van der Waals surface area contributed by atoms with Crippen LogP contribution in [0.25, 0.3) is 0 Å². The third-order valence-electron chi connectivity index (χ3n) is 24.9. The zero-order valence-electron chi connectivity index (χ0n) is 76.4. The Bertz CT molecular complexity index is 3980. The summed E-state index contributed by atoms with van der Waals surface area (Å²) in [5.74, 6) is 0.904. The van der Waals surface area contributed by atoms with E-state index in [-0.39, 0.29) is 126 Å². The van der Waals surface area contributed by atoms with Gasteiger partial charge in [-0.1, -0.05) is 189 Å². The summed E-state index contributed by atoms with van der Waals surface area (Å²) in [4.78, 5) is 133. The third kappa shape index (κ3) is 32.4. The number of nitrogens with zero attached hydrogens (tertiary/aromatic N) is 5. The number of carbonyl (C=O) groups is 10. The highest BCUT2D eigenvalue weighted by atomic mass is 79.9. The van der Waals surface area contributed by atoms with Gasteiger partial charge in [0, 0.05) is 95.5 Å². The molecule has 10 amide bonds. The topological polar surface area (TPSA) is 295 Å². The maximum absolute atomic E-state index is 13.4. The summed E-state index contributed by atoms with van der Waals surface area (Å²) in [6.45, 7) is 38.7. The Morgan fingerprint density at radius 2 is 0.976 bits per heavy atom. The highest BCUT2D eigenvalue weighted by molar-refractivity contribution is 9.10. The number of unbranched alkanes of at least 4 members (excludes halogenated alkanes) is 1. The second-order valence-corrected chi connectivity index (χ2v) is 52.4. The molecule has 0 aromatic heterocycles. The van der Waals surface area contributed by atoms with Crippen LogP contribution in [0.5, 0.6) is 11.5 Å². The Balaban J connectivity index is 0.000000252. The predicted octanol–water partition coefficient (Wildman–Crippen LogP) is 18.9. The van der Waals surface area contributed by atoms with Crippen LogP contribution in [0.15, 0.2) is 59.1 Å². The van der Waals surface area contributed by atoms with Crippen molar-refractivity contribution < 1.29 is 71.6 Å². The van der Waals surface area contributed by atoms with E-state index in [4.69, 9.17) is 29.4 Å². The van der Waals surface area contributed by atoms with Crippen molar-refractivity contribution in [3.8, 4) is 11.5 Å². The van der Waals surface area contributed by atoms with E-state index in [9.17, 15) is 47.9 Å². The first-order chi connectivity index (χ1) is 57.0.